The first-order chi connectivity index (χ1) is 13.2. The number of carbonyl (C=O) groups is 2. The summed E-state index contributed by atoms with van der Waals surface area (Å²) in [5.41, 5.74) is 4.17. The summed E-state index contributed by atoms with van der Waals surface area (Å²) in [5, 5.41) is 0. The minimum absolute atomic E-state index is 0.0409. The lowest BCUT2D eigenvalue weighted by atomic mass is 10.0. The van der Waals surface area contributed by atoms with E-state index in [9.17, 15) is 9.59 Å². The largest absolute Gasteiger partial charge is 0.461 e. The number of hydrogen-bond donors (Lipinski definition) is 0. The van der Waals surface area contributed by atoms with E-state index >= 15 is 0 Å². The molecule has 0 aliphatic carbocycles. The van der Waals surface area contributed by atoms with Gasteiger partial charge in [0, 0.05) is 12.8 Å². The van der Waals surface area contributed by atoms with Crippen LogP contribution >= 0.6 is 0 Å². The molecule has 3 nitrogen and oxygen atoms in total. The van der Waals surface area contributed by atoms with Crippen molar-refractivity contribution in [3.8, 4) is 11.1 Å². The Balaban J connectivity index is 1.43. The fraction of sp³-hybridized carbons (Fsp3) is 0.167. The summed E-state index contributed by atoms with van der Waals surface area (Å²) in [7, 11) is 0. The predicted molar refractivity (Wildman–Crippen MR) is 106 cm³/mol. The van der Waals surface area contributed by atoms with Gasteiger partial charge in [-0.1, -0.05) is 84.9 Å². The van der Waals surface area contributed by atoms with E-state index in [0.29, 0.717) is 6.42 Å². The molecule has 0 radical (unpaired) electrons. The second-order valence-electron chi connectivity index (χ2n) is 6.42. The predicted octanol–water partition coefficient (Wildman–Crippen LogP) is 4.99. The first-order valence-electron chi connectivity index (χ1n) is 9.06. The highest BCUT2D eigenvalue weighted by atomic mass is 16.5. The molecule has 3 rings (SSSR count). The molecule has 27 heavy (non-hydrogen) atoms. The highest BCUT2D eigenvalue weighted by molar-refractivity contribution is 5.84. The van der Waals surface area contributed by atoms with Crippen LogP contribution in [0.5, 0.6) is 0 Å². The number of ether oxygens (including phenoxy) is 1. The van der Waals surface area contributed by atoms with Crippen LogP contribution in [0.1, 0.15) is 24.0 Å². The second kappa shape index (κ2) is 9.48. The second-order valence-corrected chi connectivity index (χ2v) is 6.42. The molecule has 0 aliphatic rings. The van der Waals surface area contributed by atoms with Gasteiger partial charge in [-0.2, -0.15) is 0 Å². The van der Waals surface area contributed by atoms with E-state index in [0.717, 1.165) is 22.3 Å². The summed E-state index contributed by atoms with van der Waals surface area (Å²) in [4.78, 5) is 23.9. The fourth-order valence-corrected chi connectivity index (χ4v) is 2.81. The third-order valence-corrected chi connectivity index (χ3v) is 4.31. The van der Waals surface area contributed by atoms with Crippen LogP contribution in [-0.4, -0.2) is 11.8 Å². The molecule has 0 heterocycles. The monoisotopic (exact) mass is 358 g/mol. The number of rotatable bonds is 8. The molecule has 0 atom stereocenters. The number of Topliss-reactive ketones (excluding diaryl/α,β-unsaturated/α-hetero) is 1. The van der Waals surface area contributed by atoms with Crippen LogP contribution in [0.3, 0.4) is 0 Å². The lowest BCUT2D eigenvalue weighted by molar-refractivity contribution is -0.146. The van der Waals surface area contributed by atoms with Crippen LogP contribution < -0.4 is 0 Å². The van der Waals surface area contributed by atoms with Gasteiger partial charge in [-0.05, 0) is 22.3 Å². The number of carbonyl (C=O) groups excluding carboxylic acids is 2. The van der Waals surface area contributed by atoms with Gasteiger partial charge in [0.2, 0.25) is 0 Å². The van der Waals surface area contributed by atoms with Crippen molar-refractivity contribution in [3.63, 3.8) is 0 Å². The molecule has 136 valence electrons. The molecule has 0 aromatic heterocycles. The van der Waals surface area contributed by atoms with E-state index in [-0.39, 0.29) is 31.2 Å². The molecule has 3 aromatic rings. The summed E-state index contributed by atoms with van der Waals surface area (Å²) in [6.45, 7) is 0.245. The first-order valence-corrected chi connectivity index (χ1v) is 9.06. The molecule has 3 heteroatoms. The maximum absolute atomic E-state index is 12.1. The lowest BCUT2D eigenvalue weighted by Crippen LogP contribution is -2.09. The van der Waals surface area contributed by atoms with Crippen LogP contribution in [0.25, 0.3) is 11.1 Å². The molecule has 0 saturated heterocycles. The Hall–Kier alpha value is -3.20. The molecule has 0 unspecified atom stereocenters. The van der Waals surface area contributed by atoms with Crippen molar-refractivity contribution in [1.82, 2.24) is 0 Å². The number of hydrogen-bond acceptors (Lipinski definition) is 3. The molecule has 0 amide bonds. The smallest absolute Gasteiger partial charge is 0.306 e. The number of benzene rings is 3. The molecular formula is C24H22O3. The summed E-state index contributed by atoms with van der Waals surface area (Å²) in [6, 6.07) is 27.6. The van der Waals surface area contributed by atoms with Crippen molar-refractivity contribution in [2.75, 3.05) is 0 Å². The molecule has 0 N–H and O–H groups in total. The van der Waals surface area contributed by atoms with E-state index < -0.39 is 0 Å². The average Bonchev–Trinajstić information content (AvgIpc) is 2.73. The van der Waals surface area contributed by atoms with Crippen LogP contribution in [-0.2, 0) is 27.4 Å². The van der Waals surface area contributed by atoms with Gasteiger partial charge in [-0.3, -0.25) is 9.59 Å². The molecule has 0 aliphatic heterocycles. The van der Waals surface area contributed by atoms with Gasteiger partial charge in [0.05, 0.1) is 6.42 Å². The van der Waals surface area contributed by atoms with E-state index in [1.165, 1.54) is 0 Å². The summed E-state index contributed by atoms with van der Waals surface area (Å²) >= 11 is 0. The Kier molecular flexibility index (Phi) is 6.53. The maximum Gasteiger partial charge on any atom is 0.306 e. The molecular weight excluding hydrogens is 336 g/mol. The highest BCUT2D eigenvalue weighted by Gasteiger charge is 2.09. The molecule has 0 saturated carbocycles. The minimum atomic E-state index is -0.341. The van der Waals surface area contributed by atoms with E-state index in [1.54, 1.807) is 0 Å². The number of ketones is 1. The van der Waals surface area contributed by atoms with E-state index in [2.05, 4.69) is 12.1 Å². The first kappa shape index (κ1) is 18.6. The van der Waals surface area contributed by atoms with Gasteiger partial charge in [0.25, 0.3) is 0 Å². The van der Waals surface area contributed by atoms with Crippen LogP contribution in [0.15, 0.2) is 84.9 Å². The zero-order valence-electron chi connectivity index (χ0n) is 15.1. The Labute approximate surface area is 159 Å². The van der Waals surface area contributed by atoms with Gasteiger partial charge in [0.1, 0.15) is 12.4 Å². The standard InChI is InChI=1S/C24H22O3/c25-23(15-16-24(26)27-18-20-7-3-1-4-8-20)17-19-11-13-22(14-12-19)21-9-5-2-6-10-21/h1-14H,15-18H2. The van der Waals surface area contributed by atoms with E-state index in [4.69, 9.17) is 4.74 Å². The van der Waals surface area contributed by atoms with Gasteiger partial charge < -0.3 is 4.74 Å². The summed E-state index contributed by atoms with van der Waals surface area (Å²) in [6.07, 6.45) is 0.656. The zero-order chi connectivity index (χ0) is 18.9. The van der Waals surface area contributed by atoms with Gasteiger partial charge >= 0.3 is 5.97 Å². The van der Waals surface area contributed by atoms with Crippen molar-refractivity contribution >= 4 is 11.8 Å². The van der Waals surface area contributed by atoms with Crippen LogP contribution in [0, 0.1) is 0 Å². The van der Waals surface area contributed by atoms with E-state index in [1.807, 2.05) is 72.8 Å². The molecule has 0 fully saturated rings. The van der Waals surface area contributed by atoms with Crippen molar-refractivity contribution in [2.45, 2.75) is 25.9 Å². The topological polar surface area (TPSA) is 43.4 Å². The van der Waals surface area contributed by atoms with Crippen molar-refractivity contribution in [2.24, 2.45) is 0 Å². The minimum Gasteiger partial charge on any atom is -0.461 e. The SMILES string of the molecule is O=C(CCC(=O)OCc1ccccc1)Cc1ccc(-c2ccccc2)cc1. The Morgan fingerprint density at radius 2 is 1.22 bits per heavy atom. The molecule has 3 aromatic carbocycles. The van der Waals surface area contributed by atoms with Crippen LogP contribution in [0.2, 0.25) is 0 Å². The zero-order valence-corrected chi connectivity index (χ0v) is 15.1. The molecule has 0 bridgehead atoms. The summed E-state index contributed by atoms with van der Waals surface area (Å²) < 4.78 is 5.20. The highest BCUT2D eigenvalue weighted by Crippen LogP contribution is 2.19. The van der Waals surface area contributed by atoms with Gasteiger partial charge in [-0.25, -0.2) is 0 Å². The fourth-order valence-electron chi connectivity index (χ4n) is 2.81. The Morgan fingerprint density at radius 3 is 1.89 bits per heavy atom. The Bertz CT molecular complexity index is 869. The van der Waals surface area contributed by atoms with Crippen molar-refractivity contribution in [1.29, 1.82) is 0 Å². The normalized spacial score (nSPS) is 10.4. The van der Waals surface area contributed by atoms with Crippen molar-refractivity contribution < 1.29 is 14.3 Å². The maximum atomic E-state index is 12.1. The molecule has 0 spiro atoms. The van der Waals surface area contributed by atoms with Crippen LogP contribution in [0.4, 0.5) is 0 Å². The lowest BCUT2D eigenvalue weighted by Gasteiger charge is -2.06. The Morgan fingerprint density at radius 1 is 0.630 bits per heavy atom. The third-order valence-electron chi connectivity index (χ3n) is 4.31. The van der Waals surface area contributed by atoms with Crippen molar-refractivity contribution in [3.05, 3.63) is 96.1 Å². The quantitative estimate of drug-likeness (QED) is 0.533. The van der Waals surface area contributed by atoms with Gasteiger partial charge in [0.15, 0.2) is 0 Å². The summed E-state index contributed by atoms with van der Waals surface area (Å²) in [5.74, 6) is -0.300. The van der Waals surface area contributed by atoms with Gasteiger partial charge in [-0.15, -0.1) is 0 Å². The number of esters is 1. The average molecular weight is 358 g/mol. The third kappa shape index (κ3) is 5.93.